The van der Waals surface area contributed by atoms with Crippen LogP contribution in [0.4, 0.5) is 5.69 Å². The topological polar surface area (TPSA) is 60.4 Å². The van der Waals surface area contributed by atoms with E-state index in [4.69, 9.17) is 5.73 Å². The maximum absolute atomic E-state index is 12.4. The molecule has 116 valence electrons. The van der Waals surface area contributed by atoms with Gasteiger partial charge in [0.05, 0.1) is 5.69 Å². The van der Waals surface area contributed by atoms with Gasteiger partial charge in [-0.15, -0.1) is 0 Å². The molecular formula is C19H19N3O. The van der Waals surface area contributed by atoms with Gasteiger partial charge in [-0.1, -0.05) is 31.4 Å². The molecule has 1 saturated carbocycles. The molecule has 0 bridgehead atoms. The number of fused-ring (bicyclic) bond motifs is 1. The number of nitrogen functional groups attached to an aromatic ring is 1. The monoisotopic (exact) mass is 305 g/mol. The molecule has 0 atom stereocenters. The van der Waals surface area contributed by atoms with E-state index in [9.17, 15) is 4.79 Å². The van der Waals surface area contributed by atoms with Crippen molar-refractivity contribution in [3.05, 3.63) is 54.4 Å². The molecule has 4 heteroatoms. The third-order valence-electron chi connectivity index (χ3n) is 4.65. The van der Waals surface area contributed by atoms with Crippen LogP contribution in [0.5, 0.6) is 0 Å². The minimum Gasteiger partial charge on any atom is -0.399 e. The molecule has 23 heavy (non-hydrogen) atoms. The van der Waals surface area contributed by atoms with E-state index >= 15 is 0 Å². The van der Waals surface area contributed by atoms with Crippen molar-refractivity contribution in [2.75, 3.05) is 5.73 Å². The number of carbonyl (C=O) groups is 1. The summed E-state index contributed by atoms with van der Waals surface area (Å²) in [6, 6.07) is 11.5. The summed E-state index contributed by atoms with van der Waals surface area (Å²) in [5, 5.41) is 0. The Hall–Kier alpha value is -2.62. The van der Waals surface area contributed by atoms with Crippen molar-refractivity contribution in [3.8, 4) is 11.3 Å². The van der Waals surface area contributed by atoms with E-state index in [1.807, 2.05) is 53.2 Å². The Labute approximate surface area is 135 Å². The number of nitrogens with zero attached hydrogens (tertiary/aromatic N) is 2. The molecule has 1 aliphatic carbocycles. The highest BCUT2D eigenvalue weighted by molar-refractivity contribution is 5.96. The van der Waals surface area contributed by atoms with Crippen molar-refractivity contribution in [3.63, 3.8) is 0 Å². The minimum absolute atomic E-state index is 0.232. The fraction of sp³-hybridized carbons (Fsp3) is 0.263. The van der Waals surface area contributed by atoms with Gasteiger partial charge in [-0.05, 0) is 30.2 Å². The van der Waals surface area contributed by atoms with E-state index in [0.717, 1.165) is 28.2 Å². The first-order chi connectivity index (χ1) is 11.2. The summed E-state index contributed by atoms with van der Waals surface area (Å²) in [6.07, 6.45) is 8.16. The molecule has 2 heterocycles. The van der Waals surface area contributed by atoms with E-state index in [0.29, 0.717) is 12.3 Å². The molecule has 0 radical (unpaired) electrons. The summed E-state index contributed by atoms with van der Waals surface area (Å²) in [7, 11) is 0. The number of hydrogen-bond donors (Lipinski definition) is 1. The Bertz CT molecular complexity index is 877. The fourth-order valence-corrected chi connectivity index (χ4v) is 3.07. The number of pyridine rings is 1. The van der Waals surface area contributed by atoms with Gasteiger partial charge in [0.2, 0.25) is 0 Å². The zero-order valence-corrected chi connectivity index (χ0v) is 12.9. The summed E-state index contributed by atoms with van der Waals surface area (Å²) >= 11 is 0. The first kappa shape index (κ1) is 14.0. The van der Waals surface area contributed by atoms with Crippen LogP contribution in [0.15, 0.2) is 48.8 Å². The third kappa shape index (κ3) is 2.72. The molecule has 3 aromatic rings. The van der Waals surface area contributed by atoms with Crippen molar-refractivity contribution >= 4 is 17.1 Å². The lowest BCUT2D eigenvalue weighted by Crippen LogP contribution is -2.16. The van der Waals surface area contributed by atoms with Crippen LogP contribution >= 0.6 is 0 Å². The number of Topliss-reactive ketones (excluding diaryl/α,β-unsaturated/α-hetero) is 1. The Morgan fingerprint density at radius 3 is 2.83 bits per heavy atom. The first-order valence-electron chi connectivity index (χ1n) is 8.07. The van der Waals surface area contributed by atoms with Crippen LogP contribution in [-0.2, 0) is 0 Å². The normalized spacial score (nSPS) is 14.8. The third-order valence-corrected chi connectivity index (χ3v) is 4.65. The SMILES string of the molecule is Nc1cccc(-c2cn3cc(C(=O)CC4CCC4)ccc3n2)c1. The number of hydrogen-bond acceptors (Lipinski definition) is 3. The van der Waals surface area contributed by atoms with Crippen LogP contribution in [0.25, 0.3) is 16.9 Å². The van der Waals surface area contributed by atoms with Gasteiger partial charge in [0.1, 0.15) is 5.65 Å². The molecular weight excluding hydrogens is 286 g/mol. The molecule has 1 aromatic carbocycles. The van der Waals surface area contributed by atoms with Gasteiger partial charge in [0.25, 0.3) is 0 Å². The standard InChI is InChI=1S/C19H19N3O/c20-16-6-2-5-14(10-16)17-12-22-11-15(7-8-19(22)21-17)18(23)9-13-3-1-4-13/h2,5-8,10-13H,1,3-4,9,20H2. The molecule has 0 unspecified atom stereocenters. The number of anilines is 1. The molecule has 1 aliphatic rings. The first-order valence-corrected chi connectivity index (χ1v) is 8.07. The van der Waals surface area contributed by atoms with E-state index in [-0.39, 0.29) is 5.78 Å². The van der Waals surface area contributed by atoms with Gasteiger partial charge < -0.3 is 10.1 Å². The van der Waals surface area contributed by atoms with Crippen LogP contribution in [0.3, 0.4) is 0 Å². The molecule has 2 N–H and O–H groups in total. The van der Waals surface area contributed by atoms with Gasteiger partial charge >= 0.3 is 0 Å². The van der Waals surface area contributed by atoms with Crippen LogP contribution in [-0.4, -0.2) is 15.2 Å². The molecule has 0 aliphatic heterocycles. The van der Waals surface area contributed by atoms with E-state index in [2.05, 4.69) is 4.98 Å². The molecule has 1 fully saturated rings. The zero-order valence-electron chi connectivity index (χ0n) is 12.9. The van der Waals surface area contributed by atoms with Crippen molar-refractivity contribution in [1.82, 2.24) is 9.38 Å². The van der Waals surface area contributed by atoms with Crippen molar-refractivity contribution < 1.29 is 4.79 Å². The summed E-state index contributed by atoms with van der Waals surface area (Å²) in [5.41, 5.74) is 10.0. The fourth-order valence-electron chi connectivity index (χ4n) is 3.07. The van der Waals surface area contributed by atoms with E-state index in [1.165, 1.54) is 19.3 Å². The quantitative estimate of drug-likeness (QED) is 0.586. The van der Waals surface area contributed by atoms with Crippen molar-refractivity contribution in [2.45, 2.75) is 25.7 Å². The summed E-state index contributed by atoms with van der Waals surface area (Å²) < 4.78 is 1.92. The van der Waals surface area contributed by atoms with Crippen molar-refractivity contribution in [1.29, 1.82) is 0 Å². The second-order valence-electron chi connectivity index (χ2n) is 6.36. The number of benzene rings is 1. The summed E-state index contributed by atoms with van der Waals surface area (Å²) in [4.78, 5) is 17.0. The minimum atomic E-state index is 0.232. The van der Waals surface area contributed by atoms with Gasteiger partial charge in [0.15, 0.2) is 5.78 Å². The van der Waals surface area contributed by atoms with Crippen LogP contribution < -0.4 is 5.73 Å². The van der Waals surface area contributed by atoms with E-state index < -0.39 is 0 Å². The van der Waals surface area contributed by atoms with Crippen LogP contribution in [0.2, 0.25) is 0 Å². The lowest BCUT2D eigenvalue weighted by molar-refractivity contribution is 0.0936. The number of carbonyl (C=O) groups excluding carboxylic acids is 1. The Balaban J connectivity index is 1.65. The van der Waals surface area contributed by atoms with Crippen molar-refractivity contribution in [2.24, 2.45) is 5.92 Å². The second kappa shape index (κ2) is 5.54. The number of imidazole rings is 1. The maximum atomic E-state index is 12.4. The smallest absolute Gasteiger partial charge is 0.164 e. The number of nitrogens with two attached hydrogens (primary N) is 1. The maximum Gasteiger partial charge on any atom is 0.164 e. The summed E-state index contributed by atoms with van der Waals surface area (Å²) in [6.45, 7) is 0. The Kier molecular flexibility index (Phi) is 3.37. The average Bonchev–Trinajstić information content (AvgIpc) is 2.93. The molecule has 4 rings (SSSR count). The second-order valence-corrected chi connectivity index (χ2v) is 6.36. The molecule has 0 spiro atoms. The molecule has 2 aromatic heterocycles. The van der Waals surface area contributed by atoms with Gasteiger partial charge in [0, 0.05) is 35.6 Å². The lowest BCUT2D eigenvalue weighted by atomic mass is 9.81. The average molecular weight is 305 g/mol. The Morgan fingerprint density at radius 2 is 2.09 bits per heavy atom. The number of ketones is 1. The Morgan fingerprint density at radius 1 is 1.22 bits per heavy atom. The highest BCUT2D eigenvalue weighted by atomic mass is 16.1. The number of aromatic nitrogens is 2. The van der Waals surface area contributed by atoms with Gasteiger partial charge in [-0.2, -0.15) is 0 Å². The molecule has 0 saturated heterocycles. The number of rotatable bonds is 4. The zero-order chi connectivity index (χ0) is 15.8. The van der Waals surface area contributed by atoms with Crippen LogP contribution in [0.1, 0.15) is 36.0 Å². The predicted octanol–water partition coefficient (Wildman–Crippen LogP) is 3.96. The summed E-state index contributed by atoms with van der Waals surface area (Å²) in [5.74, 6) is 0.819. The highest BCUT2D eigenvalue weighted by Crippen LogP contribution is 2.30. The van der Waals surface area contributed by atoms with E-state index in [1.54, 1.807) is 0 Å². The lowest BCUT2D eigenvalue weighted by Gasteiger charge is -2.24. The predicted molar refractivity (Wildman–Crippen MR) is 91.3 cm³/mol. The van der Waals surface area contributed by atoms with Crippen LogP contribution in [0, 0.1) is 5.92 Å². The van der Waals surface area contributed by atoms with Gasteiger partial charge in [-0.3, -0.25) is 4.79 Å². The largest absolute Gasteiger partial charge is 0.399 e. The molecule has 0 amide bonds. The molecule has 4 nitrogen and oxygen atoms in total. The highest BCUT2D eigenvalue weighted by Gasteiger charge is 2.21. The van der Waals surface area contributed by atoms with Gasteiger partial charge in [-0.25, -0.2) is 4.98 Å².